The van der Waals surface area contributed by atoms with Gasteiger partial charge in [-0.1, -0.05) is 13.8 Å². The molecule has 0 saturated carbocycles. The molecule has 1 unspecified atom stereocenters. The van der Waals surface area contributed by atoms with Gasteiger partial charge in [0.05, 0.1) is 12.2 Å². The minimum Gasteiger partial charge on any atom is -0.383 e. The van der Waals surface area contributed by atoms with E-state index in [4.69, 9.17) is 9.47 Å². The molecule has 0 amide bonds. The first kappa shape index (κ1) is 13.9. The molecule has 0 fully saturated rings. The maximum absolute atomic E-state index is 5.34. The molecule has 0 saturated heterocycles. The molecule has 0 aromatic carbocycles. The van der Waals surface area contributed by atoms with Crippen molar-refractivity contribution in [3.63, 3.8) is 0 Å². The van der Waals surface area contributed by atoms with Gasteiger partial charge in [0.15, 0.2) is 0 Å². The van der Waals surface area contributed by atoms with Crippen LogP contribution in [0.2, 0.25) is 0 Å². The van der Waals surface area contributed by atoms with Gasteiger partial charge in [-0.3, -0.25) is 0 Å². The zero-order valence-electron chi connectivity index (χ0n) is 10.4. The minimum atomic E-state index is -0.110. The third-order valence-corrected chi connectivity index (χ3v) is 2.49. The highest BCUT2D eigenvalue weighted by Gasteiger charge is 2.20. The van der Waals surface area contributed by atoms with E-state index in [-0.39, 0.29) is 5.60 Å². The first-order chi connectivity index (χ1) is 6.43. The van der Waals surface area contributed by atoms with Crippen molar-refractivity contribution in [3.05, 3.63) is 0 Å². The van der Waals surface area contributed by atoms with Gasteiger partial charge in [0.25, 0.3) is 0 Å². The minimum absolute atomic E-state index is 0.110. The number of ether oxygens (including phenoxy) is 2. The van der Waals surface area contributed by atoms with Crippen molar-refractivity contribution in [1.82, 2.24) is 5.32 Å². The lowest BCUT2D eigenvalue weighted by Crippen LogP contribution is -2.45. The van der Waals surface area contributed by atoms with Crippen molar-refractivity contribution in [1.29, 1.82) is 0 Å². The third-order valence-electron chi connectivity index (χ3n) is 2.49. The Labute approximate surface area is 88.2 Å². The number of methoxy groups -OCH3 is 2. The molecule has 1 N–H and O–H groups in total. The molecule has 1 atom stereocenters. The summed E-state index contributed by atoms with van der Waals surface area (Å²) in [5.74, 6) is 0.572. The highest BCUT2D eigenvalue weighted by molar-refractivity contribution is 4.77. The Balaban J connectivity index is 3.93. The van der Waals surface area contributed by atoms with Crippen LogP contribution < -0.4 is 5.32 Å². The van der Waals surface area contributed by atoms with Crippen LogP contribution in [0, 0.1) is 5.92 Å². The lowest BCUT2D eigenvalue weighted by molar-refractivity contribution is 0.0162. The summed E-state index contributed by atoms with van der Waals surface area (Å²) >= 11 is 0. The number of rotatable bonds is 7. The van der Waals surface area contributed by atoms with Crippen molar-refractivity contribution < 1.29 is 9.47 Å². The molecule has 0 bridgehead atoms. The molecular formula is C11H25NO2. The average Bonchev–Trinajstić information content (AvgIpc) is 2.12. The Morgan fingerprint density at radius 1 is 1.21 bits per heavy atom. The first-order valence-electron chi connectivity index (χ1n) is 5.20. The predicted octanol–water partition coefficient (Wildman–Crippen LogP) is 1.67. The standard InChI is InChI=1S/C11H25NO2/c1-9(2)10(7-13-5)12-8-11(3,4)14-6/h9-10,12H,7-8H2,1-6H3. The average molecular weight is 203 g/mol. The van der Waals surface area contributed by atoms with Crippen LogP contribution in [0.3, 0.4) is 0 Å². The Morgan fingerprint density at radius 2 is 1.79 bits per heavy atom. The van der Waals surface area contributed by atoms with Gasteiger partial charge in [-0.05, 0) is 19.8 Å². The fraction of sp³-hybridized carbons (Fsp3) is 1.00. The summed E-state index contributed by atoms with van der Waals surface area (Å²) in [5.41, 5.74) is -0.110. The van der Waals surface area contributed by atoms with Crippen LogP contribution in [0.5, 0.6) is 0 Å². The Bertz CT molecular complexity index is 146. The van der Waals surface area contributed by atoms with Gasteiger partial charge in [-0.25, -0.2) is 0 Å². The van der Waals surface area contributed by atoms with E-state index in [1.165, 1.54) is 0 Å². The second-order valence-corrected chi connectivity index (χ2v) is 4.65. The smallest absolute Gasteiger partial charge is 0.0746 e. The summed E-state index contributed by atoms with van der Waals surface area (Å²) in [6.45, 7) is 10.1. The van der Waals surface area contributed by atoms with Crippen LogP contribution in [0.25, 0.3) is 0 Å². The SMILES string of the molecule is COCC(NCC(C)(C)OC)C(C)C. The van der Waals surface area contributed by atoms with Gasteiger partial charge in [0, 0.05) is 26.8 Å². The molecule has 3 nitrogen and oxygen atoms in total. The Hall–Kier alpha value is -0.120. The maximum atomic E-state index is 5.34. The molecule has 0 aromatic rings. The zero-order valence-corrected chi connectivity index (χ0v) is 10.4. The lowest BCUT2D eigenvalue weighted by atomic mass is 10.0. The quantitative estimate of drug-likeness (QED) is 0.683. The van der Waals surface area contributed by atoms with Gasteiger partial charge in [0.1, 0.15) is 0 Å². The van der Waals surface area contributed by atoms with E-state index < -0.39 is 0 Å². The van der Waals surface area contributed by atoms with E-state index in [1.807, 2.05) is 0 Å². The van der Waals surface area contributed by atoms with E-state index in [1.54, 1.807) is 14.2 Å². The van der Waals surface area contributed by atoms with Crippen LogP contribution in [0.4, 0.5) is 0 Å². The molecule has 14 heavy (non-hydrogen) atoms. The number of nitrogens with one attached hydrogen (secondary N) is 1. The molecule has 0 radical (unpaired) electrons. The van der Waals surface area contributed by atoms with Gasteiger partial charge >= 0.3 is 0 Å². The molecule has 3 heteroatoms. The summed E-state index contributed by atoms with van der Waals surface area (Å²) in [4.78, 5) is 0. The van der Waals surface area contributed by atoms with Crippen LogP contribution in [-0.4, -0.2) is 39.0 Å². The van der Waals surface area contributed by atoms with Gasteiger partial charge in [-0.2, -0.15) is 0 Å². The van der Waals surface area contributed by atoms with E-state index in [9.17, 15) is 0 Å². The van der Waals surface area contributed by atoms with Gasteiger partial charge < -0.3 is 14.8 Å². The second kappa shape index (κ2) is 6.38. The summed E-state index contributed by atoms with van der Waals surface area (Å²) in [5, 5.41) is 3.46. The van der Waals surface area contributed by atoms with Crippen LogP contribution in [0.1, 0.15) is 27.7 Å². The lowest BCUT2D eigenvalue weighted by Gasteiger charge is -2.28. The first-order valence-corrected chi connectivity index (χ1v) is 5.20. The Kier molecular flexibility index (Phi) is 6.33. The monoisotopic (exact) mass is 203 g/mol. The molecule has 0 aromatic heterocycles. The normalized spacial score (nSPS) is 14.8. The largest absolute Gasteiger partial charge is 0.383 e. The fourth-order valence-electron chi connectivity index (χ4n) is 1.12. The third kappa shape index (κ3) is 5.58. The van der Waals surface area contributed by atoms with E-state index in [0.29, 0.717) is 12.0 Å². The number of hydrogen-bond acceptors (Lipinski definition) is 3. The van der Waals surface area contributed by atoms with Crippen molar-refractivity contribution in [3.8, 4) is 0 Å². The van der Waals surface area contributed by atoms with Gasteiger partial charge in [0.2, 0.25) is 0 Å². The molecule has 0 aliphatic carbocycles. The molecule has 0 heterocycles. The molecular weight excluding hydrogens is 178 g/mol. The van der Waals surface area contributed by atoms with E-state index in [2.05, 4.69) is 33.0 Å². The highest BCUT2D eigenvalue weighted by Crippen LogP contribution is 2.08. The maximum Gasteiger partial charge on any atom is 0.0746 e. The molecule has 86 valence electrons. The van der Waals surface area contributed by atoms with Crippen LogP contribution in [-0.2, 0) is 9.47 Å². The fourth-order valence-corrected chi connectivity index (χ4v) is 1.12. The molecule has 0 spiro atoms. The van der Waals surface area contributed by atoms with Crippen LogP contribution >= 0.6 is 0 Å². The topological polar surface area (TPSA) is 30.5 Å². The number of hydrogen-bond donors (Lipinski definition) is 1. The molecule has 0 rings (SSSR count). The van der Waals surface area contributed by atoms with E-state index >= 15 is 0 Å². The Morgan fingerprint density at radius 3 is 2.14 bits per heavy atom. The highest BCUT2D eigenvalue weighted by atomic mass is 16.5. The zero-order chi connectivity index (χ0) is 11.2. The predicted molar refractivity (Wildman–Crippen MR) is 59.6 cm³/mol. The van der Waals surface area contributed by atoms with Crippen molar-refractivity contribution in [2.45, 2.75) is 39.3 Å². The van der Waals surface area contributed by atoms with Crippen molar-refractivity contribution >= 4 is 0 Å². The van der Waals surface area contributed by atoms with Crippen LogP contribution in [0.15, 0.2) is 0 Å². The molecule has 0 aliphatic rings. The van der Waals surface area contributed by atoms with Crippen molar-refractivity contribution in [2.24, 2.45) is 5.92 Å². The van der Waals surface area contributed by atoms with E-state index in [0.717, 1.165) is 13.2 Å². The summed E-state index contributed by atoms with van der Waals surface area (Å²) in [6.07, 6.45) is 0. The van der Waals surface area contributed by atoms with Crippen molar-refractivity contribution in [2.75, 3.05) is 27.4 Å². The summed E-state index contributed by atoms with van der Waals surface area (Å²) in [7, 11) is 3.47. The van der Waals surface area contributed by atoms with Gasteiger partial charge in [-0.15, -0.1) is 0 Å². The summed E-state index contributed by atoms with van der Waals surface area (Å²) < 4.78 is 10.5. The summed E-state index contributed by atoms with van der Waals surface area (Å²) in [6, 6.07) is 0.398. The molecule has 0 aliphatic heterocycles. The second-order valence-electron chi connectivity index (χ2n) is 4.65.